The second-order valence-corrected chi connectivity index (χ2v) is 11.6. The molecule has 6 atom stereocenters. The van der Waals surface area contributed by atoms with Gasteiger partial charge in [0.05, 0.1) is 16.0 Å². The van der Waals surface area contributed by atoms with Gasteiger partial charge in [0.15, 0.2) is 4.33 Å². The standard InChI is InChI=1S/C18H22Cl6O2/c1-8(2)10-5-4-9(3)6-12(10)26-15(25)11-7-16(21)13(19)14(20)17(11,22)18(16,23)24/h8-12H,4-7H2,1-3H3/t9-,10+,11-,12-,16-,17+/m1/s1. The van der Waals surface area contributed by atoms with Gasteiger partial charge in [-0.25, -0.2) is 0 Å². The van der Waals surface area contributed by atoms with Crippen molar-refractivity contribution in [2.24, 2.45) is 23.7 Å². The molecule has 0 amide bonds. The smallest absolute Gasteiger partial charge is 0.311 e. The first-order valence-corrected chi connectivity index (χ1v) is 11.2. The first-order valence-electron chi connectivity index (χ1n) is 8.90. The quantitative estimate of drug-likeness (QED) is 0.325. The van der Waals surface area contributed by atoms with E-state index in [0.717, 1.165) is 19.3 Å². The van der Waals surface area contributed by atoms with Gasteiger partial charge in [-0.2, -0.15) is 0 Å². The van der Waals surface area contributed by atoms with E-state index in [1.807, 2.05) is 0 Å². The molecule has 2 bridgehead atoms. The van der Waals surface area contributed by atoms with Crippen LogP contribution in [0.2, 0.25) is 0 Å². The number of carbonyl (C=O) groups excluding carboxylic acids is 1. The van der Waals surface area contributed by atoms with E-state index < -0.39 is 26.0 Å². The van der Waals surface area contributed by atoms with Crippen LogP contribution in [0.15, 0.2) is 10.1 Å². The van der Waals surface area contributed by atoms with E-state index in [1.54, 1.807) is 0 Å². The zero-order chi connectivity index (χ0) is 19.7. The Kier molecular flexibility index (Phi) is 5.85. The Morgan fingerprint density at radius 3 is 2.23 bits per heavy atom. The summed E-state index contributed by atoms with van der Waals surface area (Å²) in [6.07, 6.45) is 2.94. The fraction of sp³-hybridized carbons (Fsp3) is 0.833. The largest absolute Gasteiger partial charge is 0.462 e. The molecule has 0 aromatic rings. The molecule has 26 heavy (non-hydrogen) atoms. The molecular formula is C18H22Cl6O2. The number of fused-ring (bicyclic) bond motifs is 2. The van der Waals surface area contributed by atoms with Crippen molar-refractivity contribution in [3.8, 4) is 0 Å². The first-order chi connectivity index (χ1) is 11.9. The van der Waals surface area contributed by atoms with Crippen molar-refractivity contribution < 1.29 is 9.53 Å². The van der Waals surface area contributed by atoms with Crippen LogP contribution in [0.3, 0.4) is 0 Å². The van der Waals surface area contributed by atoms with Crippen molar-refractivity contribution in [2.75, 3.05) is 0 Å². The number of carbonyl (C=O) groups is 1. The van der Waals surface area contributed by atoms with Crippen LogP contribution in [0.1, 0.15) is 46.5 Å². The van der Waals surface area contributed by atoms with Crippen molar-refractivity contribution in [3.63, 3.8) is 0 Å². The van der Waals surface area contributed by atoms with Crippen LogP contribution in [0.25, 0.3) is 0 Å². The highest BCUT2D eigenvalue weighted by Crippen LogP contribution is 2.74. The SMILES string of the molecule is CC(C)[C@@H]1CC[C@@H](C)C[C@H]1OC(=O)[C@H]1C[C@@]2(Cl)C(Cl)=C(Cl)[C@]1(Cl)C2(Cl)Cl. The Bertz CT molecular complexity index is 648. The Hall–Kier alpha value is 0.950. The zero-order valence-electron chi connectivity index (χ0n) is 14.8. The third kappa shape index (κ3) is 2.84. The summed E-state index contributed by atoms with van der Waals surface area (Å²) in [5, 5.41) is 0.141. The molecule has 3 aliphatic rings. The van der Waals surface area contributed by atoms with Crippen LogP contribution in [0.4, 0.5) is 0 Å². The molecule has 0 aromatic heterocycles. The molecule has 0 unspecified atom stereocenters. The molecule has 0 aliphatic heterocycles. The van der Waals surface area contributed by atoms with Crippen LogP contribution in [0, 0.1) is 23.7 Å². The molecular weight excluding hydrogens is 461 g/mol. The Morgan fingerprint density at radius 1 is 1.12 bits per heavy atom. The normalized spacial score (nSPS) is 44.7. The monoisotopic (exact) mass is 480 g/mol. The van der Waals surface area contributed by atoms with Crippen molar-refractivity contribution in [2.45, 2.75) is 66.6 Å². The summed E-state index contributed by atoms with van der Waals surface area (Å²) in [5.41, 5.74) is 0. The number of alkyl halides is 4. The molecule has 2 nitrogen and oxygen atoms in total. The van der Waals surface area contributed by atoms with E-state index in [0.29, 0.717) is 17.8 Å². The highest BCUT2D eigenvalue weighted by molar-refractivity contribution is 6.66. The fourth-order valence-electron chi connectivity index (χ4n) is 4.64. The van der Waals surface area contributed by atoms with Crippen molar-refractivity contribution in [1.29, 1.82) is 0 Å². The zero-order valence-corrected chi connectivity index (χ0v) is 19.3. The molecule has 3 aliphatic carbocycles. The van der Waals surface area contributed by atoms with Gasteiger partial charge in [-0.1, -0.05) is 73.6 Å². The van der Waals surface area contributed by atoms with Crippen LogP contribution in [-0.4, -0.2) is 26.2 Å². The third-order valence-electron chi connectivity index (χ3n) is 6.29. The molecule has 0 heterocycles. The molecule has 2 fully saturated rings. The number of esters is 1. The number of halogens is 6. The third-order valence-corrected chi connectivity index (χ3v) is 10.6. The Labute approximate surface area is 184 Å². The van der Waals surface area contributed by atoms with Crippen LogP contribution >= 0.6 is 69.6 Å². The lowest BCUT2D eigenvalue weighted by molar-refractivity contribution is -0.161. The van der Waals surface area contributed by atoms with Gasteiger partial charge >= 0.3 is 5.97 Å². The average molecular weight is 483 g/mol. The fourth-order valence-corrected chi connectivity index (χ4v) is 7.39. The average Bonchev–Trinajstić information content (AvgIpc) is 2.76. The maximum absolute atomic E-state index is 13.1. The number of ether oxygens (including phenoxy) is 1. The maximum Gasteiger partial charge on any atom is 0.311 e. The molecule has 0 spiro atoms. The van der Waals surface area contributed by atoms with Gasteiger partial charge in [-0.05, 0) is 37.0 Å². The summed E-state index contributed by atoms with van der Waals surface area (Å²) in [6.45, 7) is 6.48. The number of hydrogen-bond donors (Lipinski definition) is 0. The summed E-state index contributed by atoms with van der Waals surface area (Å²) in [4.78, 5) is 10.1. The van der Waals surface area contributed by atoms with Crippen molar-refractivity contribution >= 4 is 75.6 Å². The summed E-state index contributed by atoms with van der Waals surface area (Å²) in [6, 6.07) is 0. The second kappa shape index (κ2) is 7.03. The summed E-state index contributed by atoms with van der Waals surface area (Å²) >= 11 is 38.8. The van der Waals surface area contributed by atoms with E-state index in [2.05, 4.69) is 20.8 Å². The van der Waals surface area contributed by atoms with Gasteiger partial charge < -0.3 is 4.74 Å². The predicted octanol–water partition coefficient (Wildman–Crippen LogP) is 6.84. The summed E-state index contributed by atoms with van der Waals surface area (Å²) < 4.78 is 4.24. The van der Waals surface area contributed by atoms with Crippen molar-refractivity contribution in [3.05, 3.63) is 10.1 Å². The number of hydrogen-bond acceptors (Lipinski definition) is 2. The van der Waals surface area contributed by atoms with E-state index >= 15 is 0 Å². The minimum Gasteiger partial charge on any atom is -0.462 e. The molecule has 148 valence electrons. The molecule has 2 saturated carbocycles. The van der Waals surface area contributed by atoms with Gasteiger partial charge in [0, 0.05) is 0 Å². The molecule has 0 saturated heterocycles. The molecule has 0 aromatic carbocycles. The minimum atomic E-state index is -1.70. The second-order valence-electron chi connectivity index (χ2n) is 8.27. The molecule has 3 rings (SSSR count). The number of rotatable bonds is 3. The Morgan fingerprint density at radius 2 is 1.73 bits per heavy atom. The van der Waals surface area contributed by atoms with Crippen molar-refractivity contribution in [1.82, 2.24) is 0 Å². The maximum atomic E-state index is 13.1. The van der Waals surface area contributed by atoms with Crippen LogP contribution in [-0.2, 0) is 9.53 Å². The number of allylic oxidation sites excluding steroid dienone is 2. The van der Waals surface area contributed by atoms with Gasteiger partial charge in [-0.3, -0.25) is 4.79 Å². The van der Waals surface area contributed by atoms with Gasteiger partial charge in [0.1, 0.15) is 15.9 Å². The van der Waals surface area contributed by atoms with E-state index in [-0.39, 0.29) is 22.6 Å². The van der Waals surface area contributed by atoms with E-state index in [1.165, 1.54) is 0 Å². The highest BCUT2D eigenvalue weighted by atomic mass is 35.5. The first kappa shape index (κ1) is 21.7. The lowest BCUT2D eigenvalue weighted by Gasteiger charge is -2.38. The predicted molar refractivity (Wildman–Crippen MR) is 110 cm³/mol. The van der Waals surface area contributed by atoms with Gasteiger partial charge in [0.2, 0.25) is 0 Å². The lowest BCUT2D eigenvalue weighted by Crippen LogP contribution is -2.47. The van der Waals surface area contributed by atoms with Gasteiger partial charge in [0.25, 0.3) is 0 Å². The Balaban J connectivity index is 1.85. The lowest BCUT2D eigenvalue weighted by atomic mass is 9.75. The summed E-state index contributed by atoms with van der Waals surface area (Å²) in [5.74, 6) is -0.0683. The molecule has 8 heteroatoms. The van der Waals surface area contributed by atoms with Crippen LogP contribution in [0.5, 0.6) is 0 Å². The van der Waals surface area contributed by atoms with E-state index in [9.17, 15) is 4.79 Å². The summed E-state index contributed by atoms with van der Waals surface area (Å²) in [7, 11) is 0. The van der Waals surface area contributed by atoms with E-state index in [4.69, 9.17) is 74.3 Å². The molecule has 0 radical (unpaired) electrons. The topological polar surface area (TPSA) is 26.3 Å². The minimum absolute atomic E-state index is 0.0338. The van der Waals surface area contributed by atoms with Crippen LogP contribution < -0.4 is 0 Å². The molecule has 0 N–H and O–H groups in total. The highest BCUT2D eigenvalue weighted by Gasteiger charge is 2.80. The van der Waals surface area contributed by atoms with Gasteiger partial charge in [-0.15, -0.1) is 23.2 Å².